The van der Waals surface area contributed by atoms with Gasteiger partial charge in [-0.3, -0.25) is 4.79 Å². The van der Waals surface area contributed by atoms with Crippen molar-refractivity contribution in [2.75, 3.05) is 7.11 Å². The van der Waals surface area contributed by atoms with Crippen LogP contribution in [-0.4, -0.2) is 30.6 Å². The molecule has 4 nitrogen and oxygen atoms in total. The molecule has 3 atom stereocenters. The van der Waals surface area contributed by atoms with Crippen LogP contribution in [0.1, 0.15) is 40.5 Å². The summed E-state index contributed by atoms with van der Waals surface area (Å²) in [6.07, 6.45) is 10.5. The molecule has 3 unspecified atom stereocenters. The Kier molecular flexibility index (Phi) is 6.75. The molecule has 0 bridgehead atoms. The van der Waals surface area contributed by atoms with Crippen molar-refractivity contribution in [3.63, 3.8) is 0 Å². The SMILES string of the molecule is COC(/C=C/C1(C)C=CC(=O)O1)/C(C)=C/CCC(C)C(C)=O. The Morgan fingerprint density at radius 1 is 1.45 bits per heavy atom. The molecule has 0 fully saturated rings. The maximum absolute atomic E-state index is 11.2. The zero-order chi connectivity index (χ0) is 16.8. The number of cyclic esters (lactones) is 1. The molecule has 4 heteroatoms. The number of allylic oxidation sites excluding steroid dienone is 1. The lowest BCUT2D eigenvalue weighted by molar-refractivity contribution is -0.141. The highest BCUT2D eigenvalue weighted by Gasteiger charge is 2.27. The van der Waals surface area contributed by atoms with E-state index in [-0.39, 0.29) is 23.8 Å². The first-order chi connectivity index (χ1) is 10.3. The van der Waals surface area contributed by atoms with Crippen LogP contribution in [0, 0.1) is 5.92 Å². The summed E-state index contributed by atoms with van der Waals surface area (Å²) >= 11 is 0. The molecule has 0 saturated heterocycles. The molecule has 122 valence electrons. The number of ether oxygens (including phenoxy) is 2. The summed E-state index contributed by atoms with van der Waals surface area (Å²) in [6, 6.07) is 0. The molecule has 1 heterocycles. The highest BCUT2D eigenvalue weighted by atomic mass is 16.6. The van der Waals surface area contributed by atoms with Gasteiger partial charge in [0.05, 0.1) is 6.10 Å². The van der Waals surface area contributed by atoms with Gasteiger partial charge >= 0.3 is 5.97 Å². The maximum atomic E-state index is 11.2. The van der Waals surface area contributed by atoms with E-state index in [2.05, 4.69) is 6.08 Å². The van der Waals surface area contributed by atoms with Crippen molar-refractivity contribution in [3.8, 4) is 0 Å². The zero-order valence-corrected chi connectivity index (χ0v) is 14.1. The first-order valence-electron chi connectivity index (χ1n) is 7.59. The Balaban J connectivity index is 2.61. The van der Waals surface area contributed by atoms with Crippen LogP contribution in [0.2, 0.25) is 0 Å². The molecule has 1 aliphatic heterocycles. The summed E-state index contributed by atoms with van der Waals surface area (Å²) in [7, 11) is 1.64. The van der Waals surface area contributed by atoms with Crippen LogP contribution in [0.4, 0.5) is 0 Å². The average molecular weight is 306 g/mol. The van der Waals surface area contributed by atoms with Gasteiger partial charge in [0.25, 0.3) is 0 Å². The van der Waals surface area contributed by atoms with Gasteiger partial charge in [0, 0.05) is 19.1 Å². The van der Waals surface area contributed by atoms with Gasteiger partial charge in [0.15, 0.2) is 0 Å². The quantitative estimate of drug-likeness (QED) is 0.509. The number of carbonyl (C=O) groups excluding carboxylic acids is 2. The summed E-state index contributed by atoms with van der Waals surface area (Å²) in [5, 5.41) is 0. The van der Waals surface area contributed by atoms with Gasteiger partial charge in [0.2, 0.25) is 0 Å². The number of methoxy groups -OCH3 is 1. The fourth-order valence-corrected chi connectivity index (χ4v) is 2.18. The van der Waals surface area contributed by atoms with E-state index >= 15 is 0 Å². The van der Waals surface area contributed by atoms with E-state index in [9.17, 15) is 9.59 Å². The summed E-state index contributed by atoms with van der Waals surface area (Å²) in [6.45, 7) is 7.39. The monoisotopic (exact) mass is 306 g/mol. The Labute approximate surface area is 132 Å². The summed E-state index contributed by atoms with van der Waals surface area (Å²) in [4.78, 5) is 22.4. The van der Waals surface area contributed by atoms with Crippen molar-refractivity contribution >= 4 is 11.8 Å². The molecule has 0 aromatic carbocycles. The number of hydrogen-bond acceptors (Lipinski definition) is 4. The first kappa shape index (κ1) is 18.4. The fraction of sp³-hybridized carbons (Fsp3) is 0.556. The third-order valence-electron chi connectivity index (χ3n) is 3.94. The predicted molar refractivity (Wildman–Crippen MR) is 86.4 cm³/mol. The van der Waals surface area contributed by atoms with E-state index in [1.54, 1.807) is 20.1 Å². The second-order valence-electron chi connectivity index (χ2n) is 5.99. The topological polar surface area (TPSA) is 52.6 Å². The second kappa shape index (κ2) is 8.08. The number of ketones is 1. The van der Waals surface area contributed by atoms with Gasteiger partial charge < -0.3 is 9.47 Å². The summed E-state index contributed by atoms with van der Waals surface area (Å²) in [5.74, 6) is -0.0221. The lowest BCUT2D eigenvalue weighted by Crippen LogP contribution is -2.21. The van der Waals surface area contributed by atoms with Gasteiger partial charge in [-0.05, 0) is 51.3 Å². The van der Waals surface area contributed by atoms with Crippen LogP contribution < -0.4 is 0 Å². The average Bonchev–Trinajstić information content (AvgIpc) is 2.79. The number of carbonyl (C=O) groups is 2. The molecular formula is C18H26O4. The van der Waals surface area contributed by atoms with Crippen molar-refractivity contribution in [2.24, 2.45) is 5.92 Å². The van der Waals surface area contributed by atoms with E-state index in [0.29, 0.717) is 0 Å². The standard InChI is InChI=1S/C18H26O4/c1-13(15(3)19)7-6-8-14(2)16(21-5)9-11-18(4)12-10-17(20)22-18/h8-13,16H,6-7H2,1-5H3/b11-9+,14-8+. The van der Waals surface area contributed by atoms with Crippen LogP contribution >= 0.6 is 0 Å². The van der Waals surface area contributed by atoms with E-state index < -0.39 is 5.60 Å². The van der Waals surface area contributed by atoms with Crippen molar-refractivity contribution in [3.05, 3.63) is 36.0 Å². The Hall–Kier alpha value is -1.68. The Morgan fingerprint density at radius 2 is 2.14 bits per heavy atom. The van der Waals surface area contributed by atoms with Gasteiger partial charge in [-0.15, -0.1) is 0 Å². The first-order valence-corrected chi connectivity index (χ1v) is 7.59. The fourth-order valence-electron chi connectivity index (χ4n) is 2.18. The van der Waals surface area contributed by atoms with Gasteiger partial charge in [-0.2, -0.15) is 0 Å². The zero-order valence-electron chi connectivity index (χ0n) is 14.1. The minimum atomic E-state index is -0.697. The van der Waals surface area contributed by atoms with Crippen LogP contribution in [0.3, 0.4) is 0 Å². The molecule has 0 amide bonds. The van der Waals surface area contributed by atoms with Crippen LogP contribution in [0.25, 0.3) is 0 Å². The van der Waals surface area contributed by atoms with Crippen molar-refractivity contribution in [1.29, 1.82) is 0 Å². The van der Waals surface area contributed by atoms with Crippen LogP contribution in [0.15, 0.2) is 36.0 Å². The number of hydrogen-bond donors (Lipinski definition) is 0. The molecule has 0 N–H and O–H groups in total. The van der Waals surface area contributed by atoms with Gasteiger partial charge in [0.1, 0.15) is 11.4 Å². The lowest BCUT2D eigenvalue weighted by atomic mass is 9.99. The second-order valence-corrected chi connectivity index (χ2v) is 5.99. The smallest absolute Gasteiger partial charge is 0.331 e. The van der Waals surface area contributed by atoms with Crippen LogP contribution in [-0.2, 0) is 19.1 Å². The highest BCUT2D eigenvalue weighted by Crippen LogP contribution is 2.22. The number of esters is 1. The third-order valence-corrected chi connectivity index (χ3v) is 3.94. The number of rotatable bonds is 8. The molecule has 0 aromatic heterocycles. The predicted octanol–water partition coefficient (Wildman–Crippen LogP) is 3.38. The molecule has 0 aliphatic carbocycles. The van der Waals surface area contributed by atoms with E-state index in [0.717, 1.165) is 18.4 Å². The van der Waals surface area contributed by atoms with Crippen molar-refractivity contribution in [2.45, 2.75) is 52.2 Å². The van der Waals surface area contributed by atoms with Crippen molar-refractivity contribution < 1.29 is 19.1 Å². The molecule has 22 heavy (non-hydrogen) atoms. The minimum absolute atomic E-state index is 0.0857. The summed E-state index contributed by atoms with van der Waals surface area (Å²) in [5.41, 5.74) is 0.378. The summed E-state index contributed by atoms with van der Waals surface area (Å²) < 4.78 is 10.7. The van der Waals surface area contributed by atoms with E-state index in [1.165, 1.54) is 6.08 Å². The number of Topliss-reactive ketones (excluding diaryl/α,β-unsaturated/α-hetero) is 1. The van der Waals surface area contributed by atoms with Gasteiger partial charge in [-0.1, -0.05) is 19.1 Å². The minimum Gasteiger partial charge on any atom is -0.448 e. The van der Waals surface area contributed by atoms with Gasteiger partial charge in [-0.25, -0.2) is 4.79 Å². The molecule has 0 radical (unpaired) electrons. The maximum Gasteiger partial charge on any atom is 0.331 e. The van der Waals surface area contributed by atoms with Crippen molar-refractivity contribution in [1.82, 2.24) is 0 Å². The van der Waals surface area contributed by atoms with Crippen LogP contribution in [0.5, 0.6) is 0 Å². The molecule has 0 aromatic rings. The van der Waals surface area contributed by atoms with E-state index in [4.69, 9.17) is 9.47 Å². The molecule has 1 aliphatic rings. The third kappa shape index (κ3) is 5.60. The Bertz CT molecular complexity index is 501. The molecule has 0 saturated carbocycles. The molecule has 0 spiro atoms. The normalized spacial score (nSPS) is 24.6. The highest BCUT2D eigenvalue weighted by molar-refractivity contribution is 5.85. The van der Waals surface area contributed by atoms with E-state index in [1.807, 2.05) is 32.9 Å². The largest absolute Gasteiger partial charge is 0.448 e. The Morgan fingerprint density at radius 3 is 2.64 bits per heavy atom. The molecule has 1 rings (SSSR count). The molecular weight excluding hydrogens is 280 g/mol. The lowest BCUT2D eigenvalue weighted by Gasteiger charge is -2.19.